The first-order valence-electron chi connectivity index (χ1n) is 10.0. The van der Waals surface area contributed by atoms with E-state index in [1.807, 2.05) is 18.2 Å². The van der Waals surface area contributed by atoms with E-state index in [9.17, 15) is 14.0 Å². The van der Waals surface area contributed by atoms with Crippen molar-refractivity contribution in [3.8, 4) is 0 Å². The van der Waals surface area contributed by atoms with Crippen molar-refractivity contribution in [3.63, 3.8) is 0 Å². The summed E-state index contributed by atoms with van der Waals surface area (Å²) < 4.78 is 14.3. The predicted molar refractivity (Wildman–Crippen MR) is 120 cm³/mol. The van der Waals surface area contributed by atoms with E-state index >= 15 is 0 Å². The zero-order valence-corrected chi connectivity index (χ0v) is 17.5. The molecule has 154 valence electrons. The third kappa shape index (κ3) is 3.73. The van der Waals surface area contributed by atoms with Gasteiger partial charge in [0.1, 0.15) is 11.4 Å². The number of para-hydroxylation sites is 1. The molecule has 0 aromatic heterocycles. The molecule has 0 spiro atoms. The number of hydrogen-bond donors (Lipinski definition) is 1. The molecule has 7 heteroatoms. The number of rotatable bonds is 5. The average molecular weight is 424 g/mol. The van der Waals surface area contributed by atoms with Crippen molar-refractivity contribution in [2.24, 2.45) is 0 Å². The predicted octanol–water partition coefficient (Wildman–Crippen LogP) is 3.82. The first-order valence-corrected chi connectivity index (χ1v) is 10.4. The minimum Gasteiger partial charge on any atom is -0.371 e. The van der Waals surface area contributed by atoms with Gasteiger partial charge >= 0.3 is 0 Å². The van der Waals surface area contributed by atoms with Gasteiger partial charge < -0.3 is 4.90 Å². The lowest BCUT2D eigenvalue weighted by Gasteiger charge is -2.29. The molecule has 1 N–H and O–H groups in total. The van der Waals surface area contributed by atoms with Crippen LogP contribution in [0.1, 0.15) is 30.9 Å². The Labute approximate surface area is 180 Å². The van der Waals surface area contributed by atoms with Gasteiger partial charge in [0.2, 0.25) is 0 Å². The number of halogens is 1. The maximum Gasteiger partial charge on any atom is 0.270 e. The SMILES string of the molecule is CCCCN1CCc2cc(C=C3C(=O)NC(=S)N(c4ccccc4F)C3=O)ccc21. The minimum absolute atomic E-state index is 0.0129. The molecule has 2 heterocycles. The second kappa shape index (κ2) is 8.36. The number of thiocarbonyl (C=S) groups is 1. The normalized spacial score (nSPS) is 17.5. The van der Waals surface area contributed by atoms with Crippen molar-refractivity contribution in [2.45, 2.75) is 26.2 Å². The highest BCUT2D eigenvalue weighted by Crippen LogP contribution is 2.30. The standard InChI is InChI=1S/C23H22FN3O2S/c1-2-3-11-26-12-10-16-13-15(8-9-19(16)26)14-17-21(28)25-23(30)27(22(17)29)20-7-5-4-6-18(20)24/h4-9,13-14H,2-3,10-12H2,1H3,(H,25,28,30). The van der Waals surface area contributed by atoms with Crippen molar-refractivity contribution in [3.05, 3.63) is 65.0 Å². The highest BCUT2D eigenvalue weighted by molar-refractivity contribution is 7.80. The Morgan fingerprint density at radius 2 is 1.97 bits per heavy atom. The van der Waals surface area contributed by atoms with Gasteiger partial charge in [-0.3, -0.25) is 14.9 Å². The van der Waals surface area contributed by atoms with Gasteiger partial charge in [0.25, 0.3) is 11.8 Å². The summed E-state index contributed by atoms with van der Waals surface area (Å²) in [5.41, 5.74) is 3.10. The molecule has 5 nitrogen and oxygen atoms in total. The molecule has 4 rings (SSSR count). The molecule has 1 fully saturated rings. The summed E-state index contributed by atoms with van der Waals surface area (Å²) in [6, 6.07) is 11.8. The lowest BCUT2D eigenvalue weighted by Crippen LogP contribution is -2.54. The maximum absolute atomic E-state index is 14.3. The Bertz CT molecular complexity index is 1070. The van der Waals surface area contributed by atoms with E-state index in [0.29, 0.717) is 0 Å². The van der Waals surface area contributed by atoms with E-state index in [1.165, 1.54) is 29.4 Å². The Morgan fingerprint density at radius 3 is 2.73 bits per heavy atom. The van der Waals surface area contributed by atoms with Crippen LogP contribution in [0.5, 0.6) is 0 Å². The number of benzene rings is 2. The third-order valence-corrected chi connectivity index (χ3v) is 5.67. The molecular formula is C23H22FN3O2S. The molecule has 0 bridgehead atoms. The van der Waals surface area contributed by atoms with Crippen molar-refractivity contribution in [1.82, 2.24) is 5.32 Å². The van der Waals surface area contributed by atoms with Gasteiger partial charge in [-0.25, -0.2) is 9.29 Å². The molecule has 0 radical (unpaired) electrons. The summed E-state index contributed by atoms with van der Waals surface area (Å²) in [5, 5.41) is 2.36. The highest BCUT2D eigenvalue weighted by atomic mass is 32.1. The van der Waals surface area contributed by atoms with Gasteiger partial charge in [0, 0.05) is 18.8 Å². The largest absolute Gasteiger partial charge is 0.371 e. The van der Waals surface area contributed by atoms with Crippen molar-refractivity contribution >= 4 is 46.6 Å². The van der Waals surface area contributed by atoms with Gasteiger partial charge in [-0.05, 0) is 66.5 Å². The van der Waals surface area contributed by atoms with E-state index in [-0.39, 0.29) is 16.4 Å². The van der Waals surface area contributed by atoms with Crippen LogP contribution < -0.4 is 15.1 Å². The molecule has 0 unspecified atom stereocenters. The fraction of sp³-hybridized carbons (Fsp3) is 0.261. The van der Waals surface area contributed by atoms with Crippen LogP contribution in [0.2, 0.25) is 0 Å². The van der Waals surface area contributed by atoms with E-state index in [1.54, 1.807) is 12.1 Å². The van der Waals surface area contributed by atoms with Crippen LogP contribution in [-0.4, -0.2) is 30.0 Å². The number of nitrogens with one attached hydrogen (secondary N) is 1. The van der Waals surface area contributed by atoms with E-state index < -0.39 is 17.6 Å². The number of hydrogen-bond acceptors (Lipinski definition) is 4. The maximum atomic E-state index is 14.3. The lowest BCUT2D eigenvalue weighted by atomic mass is 10.0. The van der Waals surface area contributed by atoms with Gasteiger partial charge in [0.15, 0.2) is 5.11 Å². The number of carbonyl (C=O) groups is 2. The van der Waals surface area contributed by atoms with Crippen molar-refractivity contribution < 1.29 is 14.0 Å². The van der Waals surface area contributed by atoms with Crippen LogP contribution in [0.15, 0.2) is 48.0 Å². The molecule has 2 aliphatic heterocycles. The first-order chi connectivity index (χ1) is 14.5. The van der Waals surface area contributed by atoms with Crippen LogP contribution in [0.3, 0.4) is 0 Å². The van der Waals surface area contributed by atoms with Crippen LogP contribution >= 0.6 is 12.2 Å². The molecule has 0 atom stereocenters. The molecule has 2 aromatic rings. The van der Waals surface area contributed by atoms with Gasteiger partial charge in [-0.2, -0.15) is 0 Å². The van der Waals surface area contributed by atoms with Gasteiger partial charge in [-0.15, -0.1) is 0 Å². The van der Waals surface area contributed by atoms with Crippen LogP contribution in [0.25, 0.3) is 6.08 Å². The summed E-state index contributed by atoms with van der Waals surface area (Å²) in [7, 11) is 0. The van der Waals surface area contributed by atoms with E-state index in [0.717, 1.165) is 42.8 Å². The average Bonchev–Trinajstić information content (AvgIpc) is 3.13. The number of unbranched alkanes of at least 4 members (excludes halogenated alkanes) is 1. The third-order valence-electron chi connectivity index (χ3n) is 5.38. The van der Waals surface area contributed by atoms with Crippen LogP contribution in [0.4, 0.5) is 15.8 Å². The number of fused-ring (bicyclic) bond motifs is 1. The summed E-state index contributed by atoms with van der Waals surface area (Å²) in [4.78, 5) is 28.9. The van der Waals surface area contributed by atoms with Crippen molar-refractivity contribution in [2.75, 3.05) is 22.9 Å². The zero-order valence-electron chi connectivity index (χ0n) is 16.7. The molecule has 30 heavy (non-hydrogen) atoms. The van der Waals surface area contributed by atoms with Gasteiger partial charge in [0.05, 0.1) is 5.69 Å². The van der Waals surface area contributed by atoms with Crippen LogP contribution in [-0.2, 0) is 16.0 Å². The molecule has 0 aliphatic carbocycles. The molecular weight excluding hydrogens is 401 g/mol. The van der Waals surface area contributed by atoms with Crippen LogP contribution in [0, 0.1) is 5.82 Å². The minimum atomic E-state index is -0.640. The second-order valence-electron chi connectivity index (χ2n) is 7.39. The molecule has 1 saturated heterocycles. The number of amides is 2. The molecule has 2 amide bonds. The van der Waals surface area contributed by atoms with Crippen molar-refractivity contribution in [1.29, 1.82) is 0 Å². The second-order valence-corrected chi connectivity index (χ2v) is 7.77. The Morgan fingerprint density at radius 1 is 1.17 bits per heavy atom. The summed E-state index contributed by atoms with van der Waals surface area (Å²) in [5.74, 6) is -1.81. The summed E-state index contributed by atoms with van der Waals surface area (Å²) >= 11 is 5.13. The molecule has 2 aromatic carbocycles. The Kier molecular flexibility index (Phi) is 5.63. The van der Waals surface area contributed by atoms with E-state index in [4.69, 9.17) is 12.2 Å². The number of nitrogens with zero attached hydrogens (tertiary/aromatic N) is 2. The number of anilines is 2. The first kappa shape index (κ1) is 20.2. The molecule has 2 aliphatic rings. The zero-order chi connectivity index (χ0) is 21.3. The lowest BCUT2D eigenvalue weighted by molar-refractivity contribution is -0.122. The summed E-state index contributed by atoms with van der Waals surface area (Å²) in [6.07, 6.45) is 4.77. The quantitative estimate of drug-likeness (QED) is 0.451. The Balaban J connectivity index is 1.65. The fourth-order valence-electron chi connectivity index (χ4n) is 3.84. The number of carbonyl (C=O) groups excluding carboxylic acids is 2. The monoisotopic (exact) mass is 423 g/mol. The smallest absolute Gasteiger partial charge is 0.270 e. The fourth-order valence-corrected chi connectivity index (χ4v) is 4.11. The highest BCUT2D eigenvalue weighted by Gasteiger charge is 2.35. The Hall–Kier alpha value is -3.06. The van der Waals surface area contributed by atoms with E-state index in [2.05, 4.69) is 17.1 Å². The summed E-state index contributed by atoms with van der Waals surface area (Å²) in [6.45, 7) is 4.18. The van der Waals surface area contributed by atoms with Gasteiger partial charge in [-0.1, -0.05) is 31.5 Å². The molecule has 0 saturated carbocycles. The topological polar surface area (TPSA) is 52.7 Å².